The average Bonchev–Trinajstić information content (AvgIpc) is 2.69. The molecule has 1 aromatic rings. The fraction of sp³-hybridized carbons (Fsp3) is 0.600. The van der Waals surface area contributed by atoms with Crippen LogP contribution in [0.1, 0.15) is 37.2 Å². The van der Waals surface area contributed by atoms with Gasteiger partial charge in [-0.15, -0.1) is 0 Å². The molecule has 0 saturated carbocycles. The lowest BCUT2D eigenvalue weighted by atomic mass is 9.89. The molecule has 0 aliphatic carbocycles. The Balaban J connectivity index is 1.49. The fourth-order valence-corrected chi connectivity index (χ4v) is 3.79. The number of imide groups is 1. The van der Waals surface area contributed by atoms with E-state index in [1.54, 1.807) is 14.2 Å². The van der Waals surface area contributed by atoms with Gasteiger partial charge in [-0.1, -0.05) is 12.1 Å². The number of nitrogens with one attached hydrogen (secondary N) is 2. The monoisotopic (exact) mass is 375 g/mol. The van der Waals surface area contributed by atoms with Gasteiger partial charge in [0.1, 0.15) is 6.04 Å². The maximum absolute atomic E-state index is 11.9. The summed E-state index contributed by atoms with van der Waals surface area (Å²) in [5, 5.41) is 5.60. The van der Waals surface area contributed by atoms with Gasteiger partial charge in [0.2, 0.25) is 11.8 Å². The predicted octanol–water partition coefficient (Wildman–Crippen LogP) is 1.70. The van der Waals surface area contributed by atoms with Crippen LogP contribution in [0.2, 0.25) is 0 Å². The van der Waals surface area contributed by atoms with Gasteiger partial charge in [0.25, 0.3) is 0 Å². The number of nitrogens with zero attached hydrogens (tertiary/aromatic N) is 1. The number of ether oxygens (including phenoxy) is 2. The van der Waals surface area contributed by atoms with E-state index in [-0.39, 0.29) is 24.1 Å². The Hall–Kier alpha value is -1.96. The molecule has 2 fully saturated rings. The van der Waals surface area contributed by atoms with Crippen molar-refractivity contribution in [1.82, 2.24) is 10.2 Å². The van der Waals surface area contributed by atoms with Crippen LogP contribution in [0.25, 0.3) is 0 Å². The number of methoxy groups -OCH3 is 2. The van der Waals surface area contributed by atoms with E-state index in [0.717, 1.165) is 38.2 Å². The molecule has 0 aromatic heterocycles. The minimum Gasteiger partial charge on any atom is -0.374 e. The van der Waals surface area contributed by atoms with Crippen molar-refractivity contribution < 1.29 is 19.1 Å². The van der Waals surface area contributed by atoms with Gasteiger partial charge in [-0.25, -0.2) is 0 Å². The molecular formula is C20H29N3O4. The molecule has 1 aromatic carbocycles. The number of rotatable bonds is 7. The lowest BCUT2D eigenvalue weighted by molar-refractivity contribution is -0.133. The topological polar surface area (TPSA) is 79.9 Å². The van der Waals surface area contributed by atoms with Crippen molar-refractivity contribution in [2.75, 3.05) is 39.2 Å². The molecule has 2 aliphatic heterocycles. The summed E-state index contributed by atoms with van der Waals surface area (Å²) in [5.41, 5.74) is 2.24. The van der Waals surface area contributed by atoms with Crippen molar-refractivity contribution in [2.24, 2.45) is 0 Å². The Morgan fingerprint density at radius 1 is 1.11 bits per heavy atom. The van der Waals surface area contributed by atoms with Crippen molar-refractivity contribution in [3.8, 4) is 0 Å². The van der Waals surface area contributed by atoms with E-state index >= 15 is 0 Å². The van der Waals surface area contributed by atoms with E-state index in [4.69, 9.17) is 9.47 Å². The van der Waals surface area contributed by atoms with Gasteiger partial charge in [-0.05, 0) is 56.0 Å². The second kappa shape index (κ2) is 9.30. The highest BCUT2D eigenvalue weighted by atomic mass is 16.7. The second-order valence-electron chi connectivity index (χ2n) is 7.25. The first kappa shape index (κ1) is 19.8. The third-order valence-corrected chi connectivity index (χ3v) is 5.48. The number of piperidine rings is 2. The highest BCUT2D eigenvalue weighted by Crippen LogP contribution is 2.29. The molecule has 0 spiro atoms. The summed E-state index contributed by atoms with van der Waals surface area (Å²) in [7, 11) is 3.34. The highest BCUT2D eigenvalue weighted by Gasteiger charge is 2.26. The summed E-state index contributed by atoms with van der Waals surface area (Å²) in [4.78, 5) is 25.5. The molecule has 7 heteroatoms. The van der Waals surface area contributed by atoms with E-state index in [1.165, 1.54) is 5.56 Å². The van der Waals surface area contributed by atoms with Crippen LogP contribution in [-0.2, 0) is 19.1 Å². The van der Waals surface area contributed by atoms with Gasteiger partial charge in [0.15, 0.2) is 6.29 Å². The Morgan fingerprint density at radius 2 is 1.78 bits per heavy atom. The van der Waals surface area contributed by atoms with Gasteiger partial charge in [0.05, 0.1) is 0 Å². The van der Waals surface area contributed by atoms with E-state index in [9.17, 15) is 9.59 Å². The van der Waals surface area contributed by atoms with Crippen LogP contribution in [0.4, 0.5) is 5.69 Å². The fourth-order valence-electron chi connectivity index (χ4n) is 3.79. The minimum absolute atomic E-state index is 0.167. The zero-order valence-electron chi connectivity index (χ0n) is 16.1. The number of hydrogen-bond donors (Lipinski definition) is 2. The summed E-state index contributed by atoms with van der Waals surface area (Å²) in [6, 6.07) is 7.99. The zero-order chi connectivity index (χ0) is 19.2. The Morgan fingerprint density at radius 3 is 2.37 bits per heavy atom. The number of carbonyl (C=O) groups is 2. The first-order valence-corrected chi connectivity index (χ1v) is 9.57. The third-order valence-electron chi connectivity index (χ3n) is 5.48. The van der Waals surface area contributed by atoms with Gasteiger partial charge in [-0.2, -0.15) is 0 Å². The molecule has 2 aliphatic rings. The molecule has 2 heterocycles. The molecule has 3 rings (SSSR count). The number of benzene rings is 1. The largest absolute Gasteiger partial charge is 0.374 e. The number of amides is 2. The standard InChI is InChI=1S/C20H29N3O4/c1-26-19(27-2)13-23-11-9-15(10-12-23)14-3-5-16(6-4-14)21-17-7-8-18(24)22-20(17)25/h3-6,15,17,19,21H,7-13H2,1-2H3,(H,22,24,25). The van der Waals surface area contributed by atoms with Crippen molar-refractivity contribution >= 4 is 17.5 Å². The normalized spacial score (nSPS) is 22.1. The molecule has 2 amide bonds. The lowest BCUT2D eigenvalue weighted by Crippen LogP contribution is -2.47. The van der Waals surface area contributed by atoms with Crippen LogP contribution < -0.4 is 10.6 Å². The Kier molecular flexibility index (Phi) is 6.82. The molecule has 0 bridgehead atoms. The quantitative estimate of drug-likeness (QED) is 0.558. The molecule has 7 nitrogen and oxygen atoms in total. The SMILES string of the molecule is COC(CN1CCC(c2ccc(NC3CCC(=O)NC3=O)cc2)CC1)OC. The number of hydrogen-bond acceptors (Lipinski definition) is 6. The van der Waals surface area contributed by atoms with Crippen LogP contribution in [0, 0.1) is 0 Å². The zero-order valence-corrected chi connectivity index (χ0v) is 16.1. The van der Waals surface area contributed by atoms with Gasteiger partial charge >= 0.3 is 0 Å². The van der Waals surface area contributed by atoms with Crippen molar-refractivity contribution in [1.29, 1.82) is 0 Å². The van der Waals surface area contributed by atoms with Crippen LogP contribution in [0.5, 0.6) is 0 Å². The molecule has 2 N–H and O–H groups in total. The maximum atomic E-state index is 11.9. The van der Waals surface area contributed by atoms with Crippen LogP contribution >= 0.6 is 0 Å². The van der Waals surface area contributed by atoms with Crippen molar-refractivity contribution in [2.45, 2.75) is 43.9 Å². The number of likely N-dealkylation sites (tertiary alicyclic amines) is 1. The first-order valence-electron chi connectivity index (χ1n) is 9.57. The number of carbonyl (C=O) groups excluding carboxylic acids is 2. The summed E-state index contributed by atoms with van der Waals surface area (Å²) in [5.74, 6) is 0.115. The summed E-state index contributed by atoms with van der Waals surface area (Å²) >= 11 is 0. The van der Waals surface area contributed by atoms with Gasteiger partial charge in [-0.3, -0.25) is 19.8 Å². The maximum Gasteiger partial charge on any atom is 0.249 e. The smallest absolute Gasteiger partial charge is 0.249 e. The van der Waals surface area contributed by atoms with E-state index in [0.29, 0.717) is 18.8 Å². The van der Waals surface area contributed by atoms with Crippen LogP contribution in [0.3, 0.4) is 0 Å². The van der Waals surface area contributed by atoms with E-state index in [1.807, 2.05) is 12.1 Å². The first-order chi connectivity index (χ1) is 13.1. The average molecular weight is 375 g/mol. The van der Waals surface area contributed by atoms with Crippen LogP contribution in [0.15, 0.2) is 24.3 Å². The number of anilines is 1. The van der Waals surface area contributed by atoms with Gasteiger partial charge < -0.3 is 14.8 Å². The lowest BCUT2D eigenvalue weighted by Gasteiger charge is -2.33. The van der Waals surface area contributed by atoms with E-state index in [2.05, 4.69) is 27.7 Å². The Bertz CT molecular complexity index is 637. The van der Waals surface area contributed by atoms with Crippen LogP contribution in [-0.4, -0.2) is 62.9 Å². The molecule has 148 valence electrons. The minimum atomic E-state index is -0.341. The second-order valence-corrected chi connectivity index (χ2v) is 7.25. The molecular weight excluding hydrogens is 346 g/mol. The van der Waals surface area contributed by atoms with Crippen molar-refractivity contribution in [3.63, 3.8) is 0 Å². The molecule has 0 radical (unpaired) electrons. The van der Waals surface area contributed by atoms with Crippen molar-refractivity contribution in [3.05, 3.63) is 29.8 Å². The molecule has 1 atom stereocenters. The van der Waals surface area contributed by atoms with E-state index < -0.39 is 0 Å². The summed E-state index contributed by atoms with van der Waals surface area (Å²) in [6.07, 6.45) is 2.97. The van der Waals surface area contributed by atoms with Gasteiger partial charge in [0, 0.05) is 32.9 Å². The summed E-state index contributed by atoms with van der Waals surface area (Å²) < 4.78 is 10.6. The summed E-state index contributed by atoms with van der Waals surface area (Å²) in [6.45, 7) is 2.86. The molecule has 1 unspecified atom stereocenters. The molecule has 2 saturated heterocycles. The molecule has 27 heavy (non-hydrogen) atoms. The highest BCUT2D eigenvalue weighted by molar-refractivity contribution is 6.01. The third kappa shape index (κ3) is 5.28. The predicted molar refractivity (Wildman–Crippen MR) is 102 cm³/mol. The Labute approximate surface area is 160 Å².